The summed E-state index contributed by atoms with van der Waals surface area (Å²) in [6.07, 6.45) is 2.76. The smallest absolute Gasteiger partial charge is 0.354 e. The number of benzene rings is 1. The van der Waals surface area contributed by atoms with Crippen LogP contribution in [0.1, 0.15) is 29.4 Å². The van der Waals surface area contributed by atoms with Crippen molar-refractivity contribution in [3.05, 3.63) is 53.2 Å². The molecule has 9 heteroatoms. The molecule has 1 aromatic carbocycles. The van der Waals surface area contributed by atoms with Crippen LogP contribution in [-0.2, 0) is 20.7 Å². The molecule has 8 nitrogen and oxygen atoms in total. The Bertz CT molecular complexity index is 1120. The third kappa shape index (κ3) is 4.36. The number of esters is 1. The molecule has 0 bridgehead atoms. The van der Waals surface area contributed by atoms with E-state index in [1.165, 1.54) is 24.0 Å². The highest BCUT2D eigenvalue weighted by atomic mass is 32.1. The van der Waals surface area contributed by atoms with Crippen LogP contribution in [0.25, 0.3) is 11.3 Å². The number of amides is 2. The van der Waals surface area contributed by atoms with Crippen molar-refractivity contribution >= 4 is 39.9 Å². The molecule has 2 aromatic heterocycles. The Morgan fingerprint density at radius 2 is 2.10 bits per heavy atom. The molecule has 1 aliphatic rings. The summed E-state index contributed by atoms with van der Waals surface area (Å²) in [5.41, 5.74) is 3.68. The van der Waals surface area contributed by atoms with E-state index in [4.69, 9.17) is 0 Å². The second-order valence-electron chi connectivity index (χ2n) is 7.25. The number of aromatic amines is 1. The zero-order valence-corrected chi connectivity index (χ0v) is 18.0. The van der Waals surface area contributed by atoms with Crippen LogP contribution in [0.2, 0.25) is 0 Å². The molecule has 0 aliphatic carbocycles. The van der Waals surface area contributed by atoms with Crippen LogP contribution in [0.3, 0.4) is 0 Å². The summed E-state index contributed by atoms with van der Waals surface area (Å²) in [5, 5.41) is 5.05. The maximum absolute atomic E-state index is 12.7. The average Bonchev–Trinajstić information content (AvgIpc) is 3.53. The van der Waals surface area contributed by atoms with E-state index >= 15 is 0 Å². The Labute approximate surface area is 183 Å². The first-order valence-electron chi connectivity index (χ1n) is 9.91. The summed E-state index contributed by atoms with van der Waals surface area (Å²) in [7, 11) is 1.31. The van der Waals surface area contributed by atoms with Gasteiger partial charge in [0.05, 0.1) is 18.7 Å². The molecule has 160 valence electrons. The molecule has 0 unspecified atom stereocenters. The molecule has 1 saturated heterocycles. The van der Waals surface area contributed by atoms with E-state index in [1.54, 1.807) is 22.5 Å². The van der Waals surface area contributed by atoms with Crippen molar-refractivity contribution < 1.29 is 19.1 Å². The van der Waals surface area contributed by atoms with Gasteiger partial charge in [-0.15, -0.1) is 11.3 Å². The number of thiazole rings is 1. The lowest BCUT2D eigenvalue weighted by molar-refractivity contribution is -0.122. The third-order valence-corrected chi connectivity index (χ3v) is 6.03. The predicted octanol–water partition coefficient (Wildman–Crippen LogP) is 3.48. The van der Waals surface area contributed by atoms with Gasteiger partial charge in [-0.2, -0.15) is 0 Å². The first-order chi connectivity index (χ1) is 15.0. The first kappa shape index (κ1) is 20.8. The van der Waals surface area contributed by atoms with E-state index in [9.17, 15) is 14.4 Å². The average molecular weight is 439 g/mol. The van der Waals surface area contributed by atoms with Gasteiger partial charge in [-0.25, -0.2) is 9.78 Å². The Morgan fingerprint density at radius 1 is 1.32 bits per heavy atom. The molecule has 0 saturated carbocycles. The maximum Gasteiger partial charge on any atom is 0.354 e. The van der Waals surface area contributed by atoms with Gasteiger partial charge in [0.1, 0.15) is 5.69 Å². The van der Waals surface area contributed by atoms with Crippen LogP contribution in [0, 0.1) is 5.92 Å². The van der Waals surface area contributed by atoms with Crippen molar-refractivity contribution in [3.8, 4) is 11.3 Å². The normalized spacial score (nSPS) is 15.9. The number of nitrogens with one attached hydrogen (secondary N) is 2. The molecule has 2 amide bonds. The summed E-state index contributed by atoms with van der Waals surface area (Å²) >= 11 is 1.29. The largest absolute Gasteiger partial charge is 0.464 e. The molecule has 1 aliphatic heterocycles. The van der Waals surface area contributed by atoms with Gasteiger partial charge in [0.15, 0.2) is 5.13 Å². The van der Waals surface area contributed by atoms with Crippen molar-refractivity contribution in [2.75, 3.05) is 23.9 Å². The zero-order chi connectivity index (χ0) is 22.0. The topological polar surface area (TPSA) is 104 Å². The lowest BCUT2D eigenvalue weighted by atomic mass is 10.1. The molecule has 3 aromatic rings. The Kier molecular flexibility index (Phi) is 5.85. The fourth-order valence-electron chi connectivity index (χ4n) is 3.49. The monoisotopic (exact) mass is 438 g/mol. The minimum absolute atomic E-state index is 0.0631. The Morgan fingerprint density at radius 3 is 2.81 bits per heavy atom. The molecule has 4 rings (SSSR count). The number of nitrogens with zero attached hydrogens (tertiary/aromatic N) is 2. The molecule has 31 heavy (non-hydrogen) atoms. The van der Waals surface area contributed by atoms with E-state index in [-0.39, 0.29) is 18.2 Å². The zero-order valence-electron chi connectivity index (χ0n) is 17.2. The number of anilines is 2. The standard InChI is InChI=1S/C22H22N4O4S/c1-3-13-4-6-16(7-5-13)26-11-15(9-19(26)27)20(28)25-22-24-18(12-31-22)14-8-17(23-10-14)21(29)30-2/h4-8,10,12,15,23H,3,9,11H2,1-2H3,(H,24,25,28)/t15-/m1/s1. The summed E-state index contributed by atoms with van der Waals surface area (Å²) in [4.78, 5) is 45.7. The molecule has 0 radical (unpaired) electrons. The first-order valence-corrected chi connectivity index (χ1v) is 10.8. The molecule has 2 N–H and O–H groups in total. The van der Waals surface area contributed by atoms with Crippen molar-refractivity contribution in [1.29, 1.82) is 0 Å². The number of methoxy groups -OCH3 is 1. The lowest BCUT2D eigenvalue weighted by Crippen LogP contribution is -2.28. The van der Waals surface area contributed by atoms with Crippen LogP contribution in [0.5, 0.6) is 0 Å². The fourth-order valence-corrected chi connectivity index (χ4v) is 4.21. The minimum Gasteiger partial charge on any atom is -0.464 e. The van der Waals surface area contributed by atoms with Gasteiger partial charge < -0.3 is 19.9 Å². The van der Waals surface area contributed by atoms with E-state index in [2.05, 4.69) is 26.9 Å². The molecular formula is C22H22N4O4S. The lowest BCUT2D eigenvalue weighted by Gasteiger charge is -2.17. The number of H-pyrrole nitrogens is 1. The number of ether oxygens (including phenoxy) is 1. The number of hydrogen-bond acceptors (Lipinski definition) is 6. The summed E-state index contributed by atoms with van der Waals surface area (Å²) < 4.78 is 4.68. The molecule has 1 atom stereocenters. The number of carbonyl (C=O) groups is 3. The highest BCUT2D eigenvalue weighted by Gasteiger charge is 2.35. The van der Waals surface area contributed by atoms with Gasteiger partial charge in [0.2, 0.25) is 11.8 Å². The van der Waals surface area contributed by atoms with Crippen molar-refractivity contribution in [2.45, 2.75) is 19.8 Å². The second-order valence-corrected chi connectivity index (χ2v) is 8.10. The molecule has 3 heterocycles. The van der Waals surface area contributed by atoms with Crippen molar-refractivity contribution in [3.63, 3.8) is 0 Å². The summed E-state index contributed by atoms with van der Waals surface area (Å²) in [5.74, 6) is -1.20. The van der Waals surface area contributed by atoms with Crippen LogP contribution in [-0.4, -0.2) is 41.4 Å². The van der Waals surface area contributed by atoms with Gasteiger partial charge in [-0.1, -0.05) is 19.1 Å². The van der Waals surface area contributed by atoms with Crippen LogP contribution >= 0.6 is 11.3 Å². The highest BCUT2D eigenvalue weighted by molar-refractivity contribution is 7.14. The second kappa shape index (κ2) is 8.73. The van der Waals surface area contributed by atoms with Crippen LogP contribution < -0.4 is 10.2 Å². The minimum atomic E-state index is -0.463. The SMILES string of the molecule is CCc1ccc(N2C[C@H](C(=O)Nc3nc(-c4c[nH]c(C(=O)OC)c4)cs3)CC2=O)cc1. The van der Waals surface area contributed by atoms with Crippen molar-refractivity contribution in [1.82, 2.24) is 9.97 Å². The summed E-state index contributed by atoms with van der Waals surface area (Å²) in [6.45, 7) is 2.42. The van der Waals surface area contributed by atoms with E-state index in [0.717, 1.165) is 17.7 Å². The van der Waals surface area contributed by atoms with Crippen molar-refractivity contribution in [2.24, 2.45) is 5.92 Å². The number of aryl methyl sites for hydroxylation is 1. The van der Waals surface area contributed by atoms with E-state index < -0.39 is 11.9 Å². The van der Waals surface area contributed by atoms with E-state index in [0.29, 0.717) is 23.1 Å². The number of rotatable bonds is 6. The third-order valence-electron chi connectivity index (χ3n) is 5.27. The van der Waals surface area contributed by atoms with Gasteiger partial charge in [0, 0.05) is 35.8 Å². The molecule has 1 fully saturated rings. The maximum atomic E-state index is 12.7. The highest BCUT2D eigenvalue weighted by Crippen LogP contribution is 2.29. The fraction of sp³-hybridized carbons (Fsp3) is 0.273. The summed E-state index contributed by atoms with van der Waals surface area (Å²) in [6, 6.07) is 9.48. The number of carbonyl (C=O) groups excluding carboxylic acids is 3. The van der Waals surface area contributed by atoms with Gasteiger partial charge in [-0.3, -0.25) is 9.59 Å². The van der Waals surface area contributed by atoms with Crippen LogP contribution in [0.4, 0.5) is 10.8 Å². The molecular weight excluding hydrogens is 416 g/mol. The van der Waals surface area contributed by atoms with Crippen LogP contribution in [0.15, 0.2) is 41.9 Å². The Hall–Kier alpha value is -3.46. The number of aromatic nitrogens is 2. The Balaban J connectivity index is 1.40. The predicted molar refractivity (Wildman–Crippen MR) is 118 cm³/mol. The van der Waals surface area contributed by atoms with Gasteiger partial charge in [-0.05, 0) is 30.2 Å². The van der Waals surface area contributed by atoms with E-state index in [1.807, 2.05) is 24.3 Å². The number of hydrogen-bond donors (Lipinski definition) is 2. The molecule has 0 spiro atoms. The van der Waals surface area contributed by atoms with Gasteiger partial charge in [0.25, 0.3) is 0 Å². The van der Waals surface area contributed by atoms with Gasteiger partial charge >= 0.3 is 5.97 Å². The quantitative estimate of drug-likeness (QED) is 0.574.